The van der Waals surface area contributed by atoms with Crippen LogP contribution in [0.15, 0.2) is 53.1 Å². The Hall–Kier alpha value is -3.55. The van der Waals surface area contributed by atoms with Crippen molar-refractivity contribution in [3.8, 4) is 0 Å². The number of thiazole rings is 1. The number of nitrogens with one attached hydrogen (secondary N) is 2. The van der Waals surface area contributed by atoms with Crippen molar-refractivity contribution in [3.63, 3.8) is 0 Å². The van der Waals surface area contributed by atoms with E-state index in [0.717, 1.165) is 29.8 Å². The minimum atomic E-state index is -4.12. The molecule has 2 aliphatic carbocycles. The van der Waals surface area contributed by atoms with Crippen molar-refractivity contribution in [1.82, 2.24) is 15.6 Å². The third-order valence-electron chi connectivity index (χ3n) is 6.38. The van der Waals surface area contributed by atoms with Gasteiger partial charge in [-0.3, -0.25) is 14.4 Å². The number of carbonyl (C=O) groups is 3. The van der Waals surface area contributed by atoms with Crippen LogP contribution < -0.4 is 10.6 Å². The van der Waals surface area contributed by atoms with Gasteiger partial charge in [0.25, 0.3) is 5.91 Å². The van der Waals surface area contributed by atoms with Crippen molar-refractivity contribution >= 4 is 54.8 Å². The van der Waals surface area contributed by atoms with Crippen LogP contribution in [0.2, 0.25) is 0 Å². The molecule has 0 saturated heterocycles. The lowest BCUT2D eigenvalue weighted by molar-refractivity contribution is -0.126. The van der Waals surface area contributed by atoms with E-state index in [9.17, 15) is 22.8 Å². The standard InChI is InChI=1S/C26H25FN4O6S2/c1-37-8-9-39(35,36)24(25(34)28-13-22(33)29-17-4-5-17)26-31-23-18(27)11-16(12-20(23)38-26)14-2-6-19-15(10-14)3-7-21(32)30-19/h2-3,6-7,10-12,14,17,24H,4-5,8-9,13H2,1H3,(H,28,34)(H,29,33). The fourth-order valence-electron chi connectivity index (χ4n) is 4.24. The first kappa shape index (κ1) is 27.0. The summed E-state index contributed by atoms with van der Waals surface area (Å²) < 4.78 is 46.8. The molecule has 1 aromatic heterocycles. The van der Waals surface area contributed by atoms with Crippen molar-refractivity contribution in [3.05, 3.63) is 64.5 Å². The molecule has 0 radical (unpaired) electrons. The van der Waals surface area contributed by atoms with E-state index in [4.69, 9.17) is 4.74 Å². The molecule has 1 aromatic carbocycles. The van der Waals surface area contributed by atoms with E-state index in [0.29, 0.717) is 16.0 Å². The molecule has 1 saturated carbocycles. The molecule has 2 N–H and O–H groups in total. The molecule has 2 unspecified atom stereocenters. The minimum absolute atomic E-state index is 0.0529. The van der Waals surface area contributed by atoms with Gasteiger partial charge in [0.1, 0.15) is 10.5 Å². The summed E-state index contributed by atoms with van der Waals surface area (Å²) >= 11 is 0.905. The second-order valence-electron chi connectivity index (χ2n) is 9.38. The summed E-state index contributed by atoms with van der Waals surface area (Å²) in [6.45, 7) is -0.533. The Morgan fingerprint density at radius 1 is 1.23 bits per heavy atom. The number of hydrogen-bond acceptors (Lipinski definition) is 8. The number of dihydropyridines is 1. The number of nitrogens with zero attached hydrogens (tertiary/aromatic N) is 2. The van der Waals surface area contributed by atoms with Crippen LogP contribution >= 0.6 is 11.3 Å². The molecule has 204 valence electrons. The lowest BCUT2D eigenvalue weighted by atomic mass is 9.89. The highest BCUT2D eigenvalue weighted by atomic mass is 32.2. The van der Waals surface area contributed by atoms with Gasteiger partial charge in [0, 0.05) is 25.1 Å². The number of aliphatic imine (C=N–C) groups is 1. The van der Waals surface area contributed by atoms with Crippen LogP contribution in [0.25, 0.3) is 10.2 Å². The SMILES string of the molecule is COCCS(=O)(=O)C(C(=O)NCC(=O)NC1CC1)c1nc2c(F)cc(C3C=CC4=NC(=O)C=CC4=C3)cc2s1. The molecule has 2 aromatic rings. The molecule has 39 heavy (non-hydrogen) atoms. The maximum atomic E-state index is 15.2. The molecule has 13 heteroatoms. The Labute approximate surface area is 227 Å². The van der Waals surface area contributed by atoms with Gasteiger partial charge < -0.3 is 15.4 Å². The topological polar surface area (TPSA) is 144 Å². The molecule has 0 bridgehead atoms. The van der Waals surface area contributed by atoms with E-state index >= 15 is 4.39 Å². The molecular weight excluding hydrogens is 547 g/mol. The Morgan fingerprint density at radius 3 is 2.77 bits per heavy atom. The third-order valence-corrected chi connectivity index (χ3v) is 9.49. The van der Waals surface area contributed by atoms with E-state index in [1.54, 1.807) is 24.3 Å². The molecule has 1 fully saturated rings. The quantitative estimate of drug-likeness (QED) is 0.443. The third kappa shape index (κ3) is 6.05. The van der Waals surface area contributed by atoms with E-state index in [2.05, 4.69) is 20.6 Å². The van der Waals surface area contributed by atoms with Crippen LogP contribution in [0.4, 0.5) is 4.39 Å². The number of rotatable bonds is 10. The number of fused-ring (bicyclic) bond motifs is 2. The first-order valence-corrected chi connectivity index (χ1v) is 14.8. The number of hydrogen-bond donors (Lipinski definition) is 2. The van der Waals surface area contributed by atoms with Gasteiger partial charge in [0.15, 0.2) is 20.9 Å². The zero-order valence-corrected chi connectivity index (χ0v) is 22.5. The second kappa shape index (κ2) is 10.9. The van der Waals surface area contributed by atoms with Gasteiger partial charge in [0.2, 0.25) is 11.8 Å². The van der Waals surface area contributed by atoms with Crippen LogP contribution in [-0.2, 0) is 29.0 Å². The van der Waals surface area contributed by atoms with Gasteiger partial charge in [-0.2, -0.15) is 0 Å². The lowest BCUT2D eigenvalue weighted by Crippen LogP contribution is -2.42. The molecule has 2 heterocycles. The Morgan fingerprint density at radius 2 is 2.03 bits per heavy atom. The normalized spacial score (nSPS) is 19.3. The van der Waals surface area contributed by atoms with Crippen LogP contribution in [0, 0.1) is 5.82 Å². The van der Waals surface area contributed by atoms with Gasteiger partial charge in [-0.1, -0.05) is 12.2 Å². The number of methoxy groups -OCH3 is 1. The highest BCUT2D eigenvalue weighted by Crippen LogP contribution is 2.36. The number of halogens is 1. The van der Waals surface area contributed by atoms with E-state index in [1.807, 2.05) is 6.08 Å². The first-order valence-electron chi connectivity index (χ1n) is 12.2. The second-order valence-corrected chi connectivity index (χ2v) is 12.6. The van der Waals surface area contributed by atoms with Crippen molar-refractivity contribution in [2.45, 2.75) is 30.1 Å². The number of ether oxygens (including phenoxy) is 1. The summed E-state index contributed by atoms with van der Waals surface area (Å²) in [6.07, 6.45) is 10.1. The first-order chi connectivity index (χ1) is 18.6. The number of aromatic nitrogens is 1. The van der Waals surface area contributed by atoms with Crippen molar-refractivity contribution in [1.29, 1.82) is 0 Å². The maximum absolute atomic E-state index is 15.2. The van der Waals surface area contributed by atoms with Gasteiger partial charge in [-0.15, -0.1) is 11.3 Å². The predicted octanol–water partition coefficient (Wildman–Crippen LogP) is 2.05. The predicted molar refractivity (Wildman–Crippen MR) is 144 cm³/mol. The van der Waals surface area contributed by atoms with Crippen LogP contribution in [-0.4, -0.2) is 68.9 Å². The molecule has 5 rings (SSSR count). The number of amides is 3. The summed E-state index contributed by atoms with van der Waals surface area (Å²) in [5.74, 6) is -3.13. The zero-order valence-electron chi connectivity index (χ0n) is 20.8. The van der Waals surface area contributed by atoms with Crippen LogP contribution in [0.3, 0.4) is 0 Å². The average Bonchev–Trinajstić information content (AvgIpc) is 3.61. The van der Waals surface area contributed by atoms with Gasteiger partial charge in [0.05, 0.1) is 29.3 Å². The lowest BCUT2D eigenvalue weighted by Gasteiger charge is -2.17. The number of allylic oxidation sites excluding steroid dienone is 5. The molecule has 3 amide bonds. The van der Waals surface area contributed by atoms with E-state index in [1.165, 1.54) is 19.3 Å². The number of sulfone groups is 1. The minimum Gasteiger partial charge on any atom is -0.384 e. The fourth-order valence-corrected chi connectivity index (χ4v) is 7.23. The summed E-state index contributed by atoms with van der Waals surface area (Å²) in [4.78, 5) is 44.8. The van der Waals surface area contributed by atoms with Crippen molar-refractivity contribution in [2.75, 3.05) is 26.0 Å². The summed E-state index contributed by atoms with van der Waals surface area (Å²) in [6, 6.07) is 3.10. The van der Waals surface area contributed by atoms with Crippen LogP contribution in [0.1, 0.15) is 34.6 Å². The van der Waals surface area contributed by atoms with E-state index < -0.39 is 38.5 Å². The van der Waals surface area contributed by atoms with Crippen LogP contribution in [0.5, 0.6) is 0 Å². The Kier molecular flexibility index (Phi) is 7.56. The molecule has 10 nitrogen and oxygen atoms in total. The highest BCUT2D eigenvalue weighted by molar-refractivity contribution is 7.92. The fraction of sp³-hybridized carbons (Fsp3) is 0.346. The van der Waals surface area contributed by atoms with Gasteiger partial charge in [-0.25, -0.2) is 22.8 Å². The molecular formula is C26H25FN4O6S2. The maximum Gasteiger partial charge on any atom is 0.270 e. The molecule has 1 aliphatic heterocycles. The van der Waals surface area contributed by atoms with Gasteiger partial charge in [-0.05, 0) is 48.3 Å². The smallest absolute Gasteiger partial charge is 0.270 e. The molecule has 0 spiro atoms. The zero-order chi connectivity index (χ0) is 27.7. The Bertz CT molecular complexity index is 1590. The molecule has 3 aliphatic rings. The largest absolute Gasteiger partial charge is 0.384 e. The number of benzene rings is 1. The van der Waals surface area contributed by atoms with E-state index in [-0.39, 0.29) is 41.5 Å². The molecule has 2 atom stereocenters. The summed E-state index contributed by atoms with van der Waals surface area (Å²) in [7, 11) is -2.78. The monoisotopic (exact) mass is 572 g/mol. The average molecular weight is 573 g/mol. The highest BCUT2D eigenvalue weighted by Gasteiger charge is 2.37. The van der Waals surface area contributed by atoms with Gasteiger partial charge >= 0.3 is 0 Å². The number of carbonyl (C=O) groups excluding carboxylic acids is 3. The van der Waals surface area contributed by atoms with Crippen molar-refractivity contribution in [2.24, 2.45) is 4.99 Å². The summed E-state index contributed by atoms with van der Waals surface area (Å²) in [5.41, 5.74) is 1.80. The Balaban J connectivity index is 1.45. The van der Waals surface area contributed by atoms with Crippen molar-refractivity contribution < 1.29 is 31.9 Å². The summed E-state index contributed by atoms with van der Waals surface area (Å²) in [5, 5.41) is 3.28.